The molecule has 3 nitrogen and oxygen atoms in total. The predicted molar refractivity (Wildman–Crippen MR) is 117 cm³/mol. The van der Waals surface area contributed by atoms with Crippen LogP contribution in [0.2, 0.25) is 0 Å². The zero-order valence-electron chi connectivity index (χ0n) is 19.4. The van der Waals surface area contributed by atoms with Gasteiger partial charge >= 0.3 is 0 Å². The third kappa shape index (κ3) is 2.18. The second-order valence-corrected chi connectivity index (χ2v) is 12.1. The number of carbonyl (C=O) groups excluding carboxylic acids is 2. The fourth-order valence-corrected chi connectivity index (χ4v) is 9.78. The molecule has 5 aliphatic rings. The highest BCUT2D eigenvalue weighted by Gasteiger charge is 2.81. The lowest BCUT2D eigenvalue weighted by molar-refractivity contribution is -0.135. The van der Waals surface area contributed by atoms with Gasteiger partial charge in [0.05, 0.1) is 5.76 Å². The Morgan fingerprint density at radius 3 is 2.67 bits per heavy atom. The lowest BCUT2D eigenvalue weighted by atomic mass is 9.43. The standard InChI is InChI=1S/C27H38O3/c1-16(2)30-21-13-25(6)22-8-7-19-18(4)20(29)9-10-26(19)15-27(22,26)12-11-24(25,5)23(21)17(3)14-28/h9-10,14,17-19,21-23H,1,7-8,11-13,15H2,2-6H3/t17-,18+,19+,21+,22+,23+,24-,25+,26-,27+/m1/s1. The second kappa shape index (κ2) is 6.11. The van der Waals surface area contributed by atoms with Gasteiger partial charge in [0.15, 0.2) is 5.78 Å². The zero-order valence-corrected chi connectivity index (χ0v) is 19.4. The molecule has 3 heteroatoms. The van der Waals surface area contributed by atoms with Gasteiger partial charge in [0.25, 0.3) is 0 Å². The van der Waals surface area contributed by atoms with Crippen LogP contribution in [0.1, 0.15) is 73.1 Å². The highest BCUT2D eigenvalue weighted by Crippen LogP contribution is 2.87. The maximum absolute atomic E-state index is 12.4. The molecule has 0 N–H and O–H groups in total. The number of ketones is 1. The Bertz CT molecular complexity index is 843. The summed E-state index contributed by atoms with van der Waals surface area (Å²) in [6, 6.07) is 0. The van der Waals surface area contributed by atoms with E-state index in [1.54, 1.807) is 0 Å². The van der Waals surface area contributed by atoms with Gasteiger partial charge in [-0.2, -0.15) is 0 Å². The number of fused-ring (bicyclic) bond motifs is 2. The van der Waals surface area contributed by atoms with Gasteiger partial charge in [-0.1, -0.05) is 40.3 Å². The molecule has 0 aliphatic heterocycles. The maximum Gasteiger partial charge on any atom is 0.158 e. The molecule has 10 atom stereocenters. The molecule has 0 bridgehead atoms. The van der Waals surface area contributed by atoms with E-state index in [1.807, 2.05) is 13.0 Å². The lowest BCUT2D eigenvalue weighted by Crippen LogP contribution is -2.55. The molecular weight excluding hydrogens is 372 g/mol. The van der Waals surface area contributed by atoms with Crippen molar-refractivity contribution in [2.75, 3.05) is 0 Å². The molecule has 5 aliphatic carbocycles. The van der Waals surface area contributed by atoms with Crippen LogP contribution in [0.3, 0.4) is 0 Å². The molecule has 0 aromatic carbocycles. The first kappa shape index (κ1) is 20.5. The Labute approximate surface area is 181 Å². The summed E-state index contributed by atoms with van der Waals surface area (Å²) < 4.78 is 6.32. The number of carbonyl (C=O) groups is 2. The molecule has 30 heavy (non-hydrogen) atoms. The molecule has 4 fully saturated rings. The predicted octanol–water partition coefficient (Wildman–Crippen LogP) is 5.74. The van der Waals surface area contributed by atoms with E-state index in [4.69, 9.17) is 4.74 Å². The molecule has 0 saturated heterocycles. The van der Waals surface area contributed by atoms with Crippen LogP contribution in [-0.2, 0) is 14.3 Å². The van der Waals surface area contributed by atoms with E-state index in [1.165, 1.54) is 19.3 Å². The first-order chi connectivity index (χ1) is 14.1. The van der Waals surface area contributed by atoms with E-state index >= 15 is 0 Å². The zero-order chi connectivity index (χ0) is 21.7. The fraction of sp³-hybridized carbons (Fsp3) is 0.778. The first-order valence-electron chi connectivity index (χ1n) is 12.1. The van der Waals surface area contributed by atoms with Gasteiger partial charge in [-0.25, -0.2) is 0 Å². The van der Waals surface area contributed by atoms with Crippen LogP contribution >= 0.6 is 0 Å². The minimum Gasteiger partial charge on any atom is -0.495 e. The summed E-state index contributed by atoms with van der Waals surface area (Å²) in [5.41, 5.74) is 0.843. The summed E-state index contributed by atoms with van der Waals surface area (Å²) in [5.74, 6) is 2.66. The summed E-state index contributed by atoms with van der Waals surface area (Å²) in [7, 11) is 0. The Kier molecular flexibility index (Phi) is 4.18. The Balaban J connectivity index is 1.56. The van der Waals surface area contributed by atoms with Gasteiger partial charge in [0.1, 0.15) is 12.4 Å². The van der Waals surface area contributed by atoms with E-state index in [0.29, 0.717) is 23.0 Å². The Morgan fingerprint density at radius 1 is 1.27 bits per heavy atom. The number of allylic oxidation sites excluding steroid dienone is 3. The molecule has 0 aromatic heterocycles. The maximum atomic E-state index is 12.4. The molecule has 0 aromatic rings. The summed E-state index contributed by atoms with van der Waals surface area (Å²) in [6.07, 6.45) is 12.5. The number of hydrogen-bond donors (Lipinski definition) is 0. The van der Waals surface area contributed by atoms with E-state index in [-0.39, 0.29) is 40.1 Å². The van der Waals surface area contributed by atoms with Crippen LogP contribution in [0.4, 0.5) is 0 Å². The summed E-state index contributed by atoms with van der Waals surface area (Å²) in [5, 5.41) is 0. The summed E-state index contributed by atoms with van der Waals surface area (Å²) >= 11 is 0. The molecule has 0 amide bonds. The second-order valence-electron chi connectivity index (χ2n) is 12.1. The van der Waals surface area contributed by atoms with Crippen molar-refractivity contribution in [3.63, 3.8) is 0 Å². The molecule has 5 rings (SSSR count). The fourth-order valence-electron chi connectivity index (χ4n) is 9.78. The van der Waals surface area contributed by atoms with Gasteiger partial charge in [-0.3, -0.25) is 4.79 Å². The van der Waals surface area contributed by atoms with Crippen molar-refractivity contribution in [2.45, 2.75) is 79.2 Å². The number of aldehydes is 1. The van der Waals surface area contributed by atoms with Crippen molar-refractivity contribution >= 4 is 12.1 Å². The van der Waals surface area contributed by atoms with Gasteiger partial charge in [0, 0.05) is 17.8 Å². The number of ether oxygens (including phenoxy) is 1. The quantitative estimate of drug-likeness (QED) is 0.438. The van der Waals surface area contributed by atoms with Crippen molar-refractivity contribution < 1.29 is 14.3 Å². The van der Waals surface area contributed by atoms with Crippen molar-refractivity contribution in [3.8, 4) is 0 Å². The number of hydrogen-bond acceptors (Lipinski definition) is 3. The Morgan fingerprint density at radius 2 is 2.00 bits per heavy atom. The Hall–Kier alpha value is -1.38. The molecular formula is C27H38O3. The molecule has 4 saturated carbocycles. The van der Waals surface area contributed by atoms with Gasteiger partial charge in [-0.15, -0.1) is 0 Å². The molecule has 2 spiro atoms. The van der Waals surface area contributed by atoms with Crippen LogP contribution in [0.15, 0.2) is 24.5 Å². The van der Waals surface area contributed by atoms with Crippen LogP contribution in [0.5, 0.6) is 0 Å². The van der Waals surface area contributed by atoms with E-state index in [9.17, 15) is 9.59 Å². The van der Waals surface area contributed by atoms with Gasteiger partial charge in [-0.05, 0) is 85.0 Å². The van der Waals surface area contributed by atoms with E-state index < -0.39 is 0 Å². The molecule has 0 unspecified atom stereocenters. The minimum absolute atomic E-state index is 0.00746. The normalized spacial score (nSPS) is 54.3. The average Bonchev–Trinajstić information content (AvgIpc) is 3.29. The van der Waals surface area contributed by atoms with Gasteiger partial charge in [0.2, 0.25) is 0 Å². The topological polar surface area (TPSA) is 43.4 Å². The SMILES string of the molecule is C=C(C)O[C@H]1C[C@@]2(C)[C@@H]3CC[C@H]4[C@H](C)C(=O)C=C[C@@]45C[C@@]35CC[C@]2(C)[C@H]1[C@H](C)C=O. The third-order valence-electron chi connectivity index (χ3n) is 11.2. The summed E-state index contributed by atoms with van der Waals surface area (Å²) in [6.45, 7) is 15.2. The van der Waals surface area contributed by atoms with Crippen LogP contribution in [0, 0.1) is 51.2 Å². The molecule has 164 valence electrons. The number of rotatable bonds is 4. The smallest absolute Gasteiger partial charge is 0.158 e. The van der Waals surface area contributed by atoms with Crippen molar-refractivity contribution in [3.05, 3.63) is 24.5 Å². The largest absolute Gasteiger partial charge is 0.495 e. The monoisotopic (exact) mass is 410 g/mol. The highest BCUT2D eigenvalue weighted by atomic mass is 16.5. The molecule has 0 radical (unpaired) electrons. The van der Waals surface area contributed by atoms with Crippen LogP contribution in [0.25, 0.3) is 0 Å². The van der Waals surface area contributed by atoms with Crippen LogP contribution < -0.4 is 0 Å². The lowest BCUT2D eigenvalue weighted by Gasteiger charge is -2.60. The summed E-state index contributed by atoms with van der Waals surface area (Å²) in [4.78, 5) is 24.3. The third-order valence-corrected chi connectivity index (χ3v) is 11.2. The van der Waals surface area contributed by atoms with Crippen molar-refractivity contribution in [2.24, 2.45) is 51.2 Å². The molecule has 0 heterocycles. The average molecular weight is 411 g/mol. The minimum atomic E-state index is -0.00746. The van der Waals surface area contributed by atoms with Crippen LogP contribution in [-0.4, -0.2) is 18.2 Å². The van der Waals surface area contributed by atoms with E-state index in [0.717, 1.165) is 31.3 Å². The van der Waals surface area contributed by atoms with Crippen molar-refractivity contribution in [1.29, 1.82) is 0 Å². The van der Waals surface area contributed by atoms with E-state index in [2.05, 4.69) is 40.3 Å². The van der Waals surface area contributed by atoms with Gasteiger partial charge < -0.3 is 9.53 Å². The highest BCUT2D eigenvalue weighted by molar-refractivity contribution is 5.93. The first-order valence-corrected chi connectivity index (χ1v) is 12.1. The van der Waals surface area contributed by atoms with Crippen molar-refractivity contribution in [1.82, 2.24) is 0 Å².